The molecule has 37 heavy (non-hydrogen) atoms. The predicted octanol–water partition coefficient (Wildman–Crippen LogP) is 3.64. The monoisotopic (exact) mass is 535 g/mol. The molecular formula is C25H22ClN7O3S. The van der Waals surface area contributed by atoms with E-state index in [1.54, 1.807) is 34.3 Å². The third-order valence-electron chi connectivity index (χ3n) is 6.49. The highest BCUT2D eigenvalue weighted by atomic mass is 35.5. The fourth-order valence-corrected chi connectivity index (χ4v) is 5.91. The number of nitrogens with zero attached hydrogens (tertiary/aromatic N) is 6. The maximum Gasteiger partial charge on any atom is 0.252 e. The minimum absolute atomic E-state index is 0.109. The molecule has 5 aromatic rings. The second-order valence-corrected chi connectivity index (χ2v) is 10.4. The largest absolute Gasteiger partial charge is 0.368 e. The third-order valence-corrected chi connectivity index (χ3v) is 7.86. The standard InChI is InChI=1S/C25H22ClN7O3S/c1-36-24(35)11-17-4-7-22(37-17)19-12-27-25(29-19)21-6-3-16-8-14(9-23(34)33(16)21)18-10-15(26)2-5-20(18)32-13-28-30-31-32/h2,4-5,7-10,12-13,21,24,35H,3,6,11H2,1H3,(H,27,29)/t21-,24?/m0/s1. The van der Waals surface area contributed by atoms with E-state index in [0.717, 1.165) is 56.6 Å². The Labute approximate surface area is 220 Å². The first kappa shape index (κ1) is 23.7. The SMILES string of the molecule is COC(O)Cc1ccc(-c2cnc([C@@H]3CCc4cc(-c5cc(Cl)ccc5-n5cnnn5)cc(=O)n43)[nH]2)s1. The van der Waals surface area contributed by atoms with Gasteiger partial charge in [-0.25, -0.2) is 4.98 Å². The molecule has 0 fully saturated rings. The molecular weight excluding hydrogens is 514 g/mol. The Hall–Kier alpha value is -3.64. The first-order chi connectivity index (χ1) is 18.0. The second kappa shape index (κ2) is 9.67. The molecule has 2 N–H and O–H groups in total. The van der Waals surface area contributed by atoms with Gasteiger partial charge in [0.25, 0.3) is 5.56 Å². The van der Waals surface area contributed by atoms with Crippen LogP contribution in [-0.4, -0.2) is 53.2 Å². The van der Waals surface area contributed by atoms with Crippen molar-refractivity contribution < 1.29 is 9.84 Å². The molecule has 1 aliphatic rings. The summed E-state index contributed by atoms with van der Waals surface area (Å²) in [6, 6.07) is 12.8. The number of H-pyrrole nitrogens is 1. The van der Waals surface area contributed by atoms with Gasteiger partial charge in [-0.05, 0) is 65.2 Å². The molecule has 0 saturated heterocycles. The molecule has 10 nitrogen and oxygen atoms in total. The lowest BCUT2D eigenvalue weighted by atomic mass is 10.0. The molecule has 0 spiro atoms. The number of thiophene rings is 1. The number of pyridine rings is 1. The van der Waals surface area contributed by atoms with Gasteiger partial charge in [-0.2, -0.15) is 4.68 Å². The van der Waals surface area contributed by atoms with Gasteiger partial charge in [0, 0.05) is 40.8 Å². The number of aromatic amines is 1. The quantitative estimate of drug-likeness (QED) is 0.305. The number of aryl methyl sites for hydroxylation is 1. The molecule has 6 rings (SSSR count). The Morgan fingerprint density at radius 3 is 2.97 bits per heavy atom. The number of hydrogen-bond acceptors (Lipinski definition) is 8. The number of hydrogen-bond donors (Lipinski definition) is 2. The van der Waals surface area contributed by atoms with E-state index in [1.807, 2.05) is 34.9 Å². The molecule has 0 radical (unpaired) electrons. The number of ether oxygens (including phenoxy) is 1. The van der Waals surface area contributed by atoms with Crippen LogP contribution < -0.4 is 5.56 Å². The number of aliphatic hydroxyl groups is 1. The molecule has 5 heterocycles. The van der Waals surface area contributed by atoms with Crippen molar-refractivity contribution in [1.82, 2.24) is 34.7 Å². The van der Waals surface area contributed by atoms with E-state index in [2.05, 4.69) is 25.5 Å². The van der Waals surface area contributed by atoms with E-state index in [0.29, 0.717) is 11.4 Å². The van der Waals surface area contributed by atoms with E-state index in [9.17, 15) is 9.90 Å². The van der Waals surface area contributed by atoms with Crippen LogP contribution in [-0.2, 0) is 17.6 Å². The zero-order chi connectivity index (χ0) is 25.5. The molecule has 4 aromatic heterocycles. The van der Waals surface area contributed by atoms with Crippen LogP contribution in [0.2, 0.25) is 5.02 Å². The van der Waals surface area contributed by atoms with Crippen LogP contribution >= 0.6 is 22.9 Å². The minimum atomic E-state index is -0.827. The molecule has 1 aromatic carbocycles. The highest BCUT2D eigenvalue weighted by molar-refractivity contribution is 7.15. The number of rotatable bonds is 7. The number of imidazole rings is 1. The van der Waals surface area contributed by atoms with E-state index in [-0.39, 0.29) is 11.6 Å². The maximum absolute atomic E-state index is 13.4. The zero-order valence-electron chi connectivity index (χ0n) is 19.7. The average molecular weight is 536 g/mol. The lowest BCUT2D eigenvalue weighted by Crippen LogP contribution is -2.23. The number of methoxy groups -OCH3 is 1. The van der Waals surface area contributed by atoms with Gasteiger partial charge in [-0.3, -0.25) is 4.79 Å². The number of aromatic nitrogens is 7. The van der Waals surface area contributed by atoms with E-state index < -0.39 is 6.29 Å². The Bertz CT molecular complexity index is 1630. The van der Waals surface area contributed by atoms with Crippen LogP contribution in [0.25, 0.3) is 27.4 Å². The Morgan fingerprint density at radius 2 is 2.16 bits per heavy atom. The second-order valence-electron chi connectivity index (χ2n) is 8.76. The summed E-state index contributed by atoms with van der Waals surface area (Å²) < 4.78 is 8.31. The summed E-state index contributed by atoms with van der Waals surface area (Å²) in [4.78, 5) is 23.4. The van der Waals surface area contributed by atoms with Crippen LogP contribution in [0.15, 0.2) is 59.8 Å². The number of aliphatic hydroxyl groups excluding tert-OH is 1. The summed E-state index contributed by atoms with van der Waals surface area (Å²) in [5, 5.41) is 21.7. The number of halogens is 1. The average Bonchev–Trinajstić information content (AvgIpc) is 3.70. The predicted molar refractivity (Wildman–Crippen MR) is 139 cm³/mol. The molecule has 1 unspecified atom stereocenters. The topological polar surface area (TPSA) is 124 Å². The van der Waals surface area contributed by atoms with Crippen molar-refractivity contribution >= 4 is 22.9 Å². The van der Waals surface area contributed by atoms with Crippen molar-refractivity contribution in [1.29, 1.82) is 0 Å². The van der Waals surface area contributed by atoms with Crippen LogP contribution in [0, 0.1) is 0 Å². The maximum atomic E-state index is 13.4. The van der Waals surface area contributed by atoms with Gasteiger partial charge in [0.05, 0.1) is 28.5 Å². The smallest absolute Gasteiger partial charge is 0.252 e. The minimum Gasteiger partial charge on any atom is -0.368 e. The first-order valence-corrected chi connectivity index (χ1v) is 12.8. The van der Waals surface area contributed by atoms with E-state index in [1.165, 1.54) is 13.4 Å². The molecule has 0 amide bonds. The highest BCUT2D eigenvalue weighted by Gasteiger charge is 2.28. The molecule has 188 valence electrons. The number of nitrogens with one attached hydrogen (secondary N) is 1. The van der Waals surface area contributed by atoms with Gasteiger partial charge in [-0.15, -0.1) is 16.4 Å². The Morgan fingerprint density at radius 1 is 1.27 bits per heavy atom. The molecule has 2 atom stereocenters. The van der Waals surface area contributed by atoms with Gasteiger partial charge in [0.15, 0.2) is 6.29 Å². The summed E-state index contributed by atoms with van der Waals surface area (Å²) in [5.41, 5.74) is 3.96. The molecule has 0 saturated carbocycles. The fourth-order valence-electron chi connectivity index (χ4n) is 4.74. The van der Waals surface area contributed by atoms with Crippen LogP contribution in [0.5, 0.6) is 0 Å². The fraction of sp³-hybridized carbons (Fsp3) is 0.240. The van der Waals surface area contributed by atoms with Gasteiger partial charge < -0.3 is 19.4 Å². The normalized spacial score (nSPS) is 15.7. The molecule has 1 aliphatic heterocycles. The Balaban J connectivity index is 1.31. The van der Waals surface area contributed by atoms with Crippen LogP contribution in [0.1, 0.15) is 28.9 Å². The van der Waals surface area contributed by atoms with Gasteiger partial charge in [0.2, 0.25) is 0 Å². The van der Waals surface area contributed by atoms with E-state index in [4.69, 9.17) is 16.3 Å². The van der Waals surface area contributed by atoms with Gasteiger partial charge in [-0.1, -0.05) is 11.6 Å². The summed E-state index contributed by atoms with van der Waals surface area (Å²) in [7, 11) is 1.48. The summed E-state index contributed by atoms with van der Waals surface area (Å²) in [6.07, 6.45) is 4.40. The Kier molecular flexibility index (Phi) is 6.21. The number of tetrazole rings is 1. The van der Waals surface area contributed by atoms with Gasteiger partial charge >= 0.3 is 0 Å². The summed E-state index contributed by atoms with van der Waals surface area (Å²) >= 11 is 7.87. The van der Waals surface area contributed by atoms with Crippen molar-refractivity contribution in [3.63, 3.8) is 0 Å². The first-order valence-electron chi connectivity index (χ1n) is 11.6. The van der Waals surface area contributed by atoms with Crippen molar-refractivity contribution in [2.75, 3.05) is 7.11 Å². The molecule has 0 bridgehead atoms. The molecule has 0 aliphatic carbocycles. The van der Waals surface area contributed by atoms with Crippen LogP contribution in [0.4, 0.5) is 0 Å². The number of benzene rings is 1. The van der Waals surface area contributed by atoms with Crippen molar-refractivity contribution in [3.8, 4) is 27.4 Å². The third kappa shape index (κ3) is 4.51. The lowest BCUT2D eigenvalue weighted by molar-refractivity contribution is -0.0715. The molecule has 12 heteroatoms. The highest BCUT2D eigenvalue weighted by Crippen LogP contribution is 2.35. The van der Waals surface area contributed by atoms with Crippen molar-refractivity contribution in [2.24, 2.45) is 0 Å². The van der Waals surface area contributed by atoms with Crippen molar-refractivity contribution in [2.45, 2.75) is 31.6 Å². The summed E-state index contributed by atoms with van der Waals surface area (Å²) in [6.45, 7) is 0. The zero-order valence-corrected chi connectivity index (χ0v) is 21.3. The van der Waals surface area contributed by atoms with Gasteiger partial charge in [0.1, 0.15) is 12.2 Å². The number of fused-ring (bicyclic) bond motifs is 1. The lowest BCUT2D eigenvalue weighted by Gasteiger charge is -2.15. The van der Waals surface area contributed by atoms with Crippen molar-refractivity contribution in [3.05, 3.63) is 86.8 Å². The van der Waals surface area contributed by atoms with E-state index >= 15 is 0 Å². The van der Waals surface area contributed by atoms with Crippen LogP contribution in [0.3, 0.4) is 0 Å². The summed E-state index contributed by atoms with van der Waals surface area (Å²) in [5.74, 6) is 0.743.